The zero-order valence-corrected chi connectivity index (χ0v) is 10.7. The molecule has 0 fully saturated rings. The van der Waals surface area contributed by atoms with E-state index in [0.717, 1.165) is 12.5 Å². The lowest BCUT2D eigenvalue weighted by Gasteiger charge is -2.06. The molecule has 0 aliphatic rings. The van der Waals surface area contributed by atoms with Crippen LogP contribution in [-0.2, 0) is 4.79 Å². The van der Waals surface area contributed by atoms with Gasteiger partial charge in [0.15, 0.2) is 0 Å². The van der Waals surface area contributed by atoms with Crippen LogP contribution in [0.5, 0.6) is 0 Å². The van der Waals surface area contributed by atoms with Gasteiger partial charge in [0.25, 0.3) is 5.91 Å². The number of nitrogens with one attached hydrogen (secondary N) is 2. The monoisotopic (exact) mass is 272 g/mol. The van der Waals surface area contributed by atoms with Gasteiger partial charge in [-0.15, -0.1) is 0 Å². The van der Waals surface area contributed by atoms with Crippen LogP contribution in [0.25, 0.3) is 0 Å². The average molecular weight is 273 g/mol. The summed E-state index contributed by atoms with van der Waals surface area (Å²) in [4.78, 5) is 22.8. The van der Waals surface area contributed by atoms with Crippen molar-refractivity contribution in [3.63, 3.8) is 0 Å². The maximum atomic E-state index is 13.4. The van der Waals surface area contributed by atoms with Crippen LogP contribution in [0.15, 0.2) is 18.2 Å². The number of hydrogen-bond acceptors (Lipinski definition) is 2. The normalized spacial score (nSPS) is 9.94. The van der Waals surface area contributed by atoms with Crippen molar-refractivity contribution in [3.05, 3.63) is 34.6 Å². The summed E-state index contributed by atoms with van der Waals surface area (Å²) in [6.07, 6.45) is 0.811. The molecular formula is C12H14ClFN2O2. The first kappa shape index (κ1) is 14.4. The van der Waals surface area contributed by atoms with Gasteiger partial charge in [-0.1, -0.05) is 18.5 Å². The molecule has 0 bridgehead atoms. The molecule has 0 saturated carbocycles. The summed E-state index contributed by atoms with van der Waals surface area (Å²) in [5, 5.41) is 5.14. The smallest absolute Gasteiger partial charge is 0.254 e. The van der Waals surface area contributed by atoms with Crippen LogP contribution < -0.4 is 10.6 Å². The molecule has 0 aliphatic carbocycles. The molecular weight excluding hydrogens is 259 g/mol. The second-order valence-corrected chi connectivity index (χ2v) is 4.09. The molecule has 0 aromatic heterocycles. The van der Waals surface area contributed by atoms with E-state index in [1.807, 2.05) is 6.92 Å². The van der Waals surface area contributed by atoms with Gasteiger partial charge in [0.05, 0.1) is 12.1 Å². The van der Waals surface area contributed by atoms with E-state index in [-0.39, 0.29) is 23.0 Å². The molecule has 0 spiro atoms. The summed E-state index contributed by atoms with van der Waals surface area (Å²) in [5.74, 6) is -1.66. The second-order valence-electron chi connectivity index (χ2n) is 3.66. The van der Waals surface area contributed by atoms with Gasteiger partial charge in [-0.2, -0.15) is 0 Å². The van der Waals surface area contributed by atoms with Crippen molar-refractivity contribution in [2.24, 2.45) is 0 Å². The lowest BCUT2D eigenvalue weighted by Crippen LogP contribution is -2.37. The molecule has 0 unspecified atom stereocenters. The number of carbonyl (C=O) groups is 2. The van der Waals surface area contributed by atoms with Gasteiger partial charge < -0.3 is 10.6 Å². The SMILES string of the molecule is CCCNC(=O)CNC(=O)c1ccc(Cl)cc1F. The summed E-state index contributed by atoms with van der Waals surface area (Å²) in [6, 6.07) is 3.74. The standard InChI is InChI=1S/C12H14ClFN2O2/c1-2-5-15-11(17)7-16-12(18)9-4-3-8(13)6-10(9)14/h3-4,6H,2,5,7H2,1H3,(H,15,17)(H,16,18). The number of amides is 2. The third-order valence-corrected chi connectivity index (χ3v) is 2.39. The van der Waals surface area contributed by atoms with E-state index in [2.05, 4.69) is 10.6 Å². The second kappa shape index (κ2) is 6.96. The van der Waals surface area contributed by atoms with Crippen LogP contribution in [0.2, 0.25) is 5.02 Å². The van der Waals surface area contributed by atoms with Crippen LogP contribution in [-0.4, -0.2) is 24.9 Å². The van der Waals surface area contributed by atoms with Gasteiger partial charge in [-0.3, -0.25) is 9.59 Å². The lowest BCUT2D eigenvalue weighted by molar-refractivity contribution is -0.120. The van der Waals surface area contributed by atoms with Crippen molar-refractivity contribution in [1.82, 2.24) is 10.6 Å². The van der Waals surface area contributed by atoms with Crippen molar-refractivity contribution in [2.45, 2.75) is 13.3 Å². The zero-order valence-electron chi connectivity index (χ0n) is 9.93. The molecule has 98 valence electrons. The first-order chi connectivity index (χ1) is 8.54. The third kappa shape index (κ3) is 4.33. The minimum Gasteiger partial charge on any atom is -0.355 e. The molecule has 1 aromatic rings. The molecule has 18 heavy (non-hydrogen) atoms. The molecule has 2 amide bonds. The minimum absolute atomic E-state index is 0.136. The highest BCUT2D eigenvalue weighted by Gasteiger charge is 2.12. The molecule has 0 aliphatic heterocycles. The van der Waals surface area contributed by atoms with Crippen molar-refractivity contribution in [2.75, 3.05) is 13.1 Å². The summed E-state index contributed by atoms with van der Waals surface area (Å²) in [6.45, 7) is 2.28. The first-order valence-electron chi connectivity index (χ1n) is 5.54. The molecule has 0 radical (unpaired) electrons. The number of halogens is 2. The Balaban J connectivity index is 2.53. The van der Waals surface area contributed by atoms with E-state index < -0.39 is 11.7 Å². The highest BCUT2D eigenvalue weighted by Crippen LogP contribution is 2.14. The number of hydrogen-bond donors (Lipinski definition) is 2. The van der Waals surface area contributed by atoms with Crippen LogP contribution in [0.4, 0.5) is 4.39 Å². The first-order valence-corrected chi connectivity index (χ1v) is 5.92. The largest absolute Gasteiger partial charge is 0.355 e. The third-order valence-electron chi connectivity index (χ3n) is 2.16. The molecule has 1 aromatic carbocycles. The summed E-state index contributed by atoms with van der Waals surface area (Å²) in [5.41, 5.74) is -0.136. The van der Waals surface area contributed by atoms with Gasteiger partial charge in [-0.05, 0) is 24.6 Å². The molecule has 4 nitrogen and oxygen atoms in total. The molecule has 0 saturated heterocycles. The van der Waals surface area contributed by atoms with Crippen LogP contribution in [0, 0.1) is 5.82 Å². The fourth-order valence-electron chi connectivity index (χ4n) is 1.26. The summed E-state index contributed by atoms with van der Waals surface area (Å²) in [7, 11) is 0. The Morgan fingerprint density at radius 3 is 2.67 bits per heavy atom. The van der Waals surface area contributed by atoms with E-state index in [1.165, 1.54) is 12.1 Å². The predicted molar refractivity (Wildman–Crippen MR) is 67.0 cm³/mol. The number of carbonyl (C=O) groups excluding carboxylic acids is 2. The van der Waals surface area contributed by atoms with E-state index in [1.54, 1.807) is 0 Å². The van der Waals surface area contributed by atoms with E-state index >= 15 is 0 Å². The van der Waals surface area contributed by atoms with E-state index in [0.29, 0.717) is 6.54 Å². The van der Waals surface area contributed by atoms with Gasteiger partial charge in [-0.25, -0.2) is 4.39 Å². The van der Waals surface area contributed by atoms with Crippen molar-refractivity contribution < 1.29 is 14.0 Å². The van der Waals surface area contributed by atoms with Crippen molar-refractivity contribution in [3.8, 4) is 0 Å². The number of benzene rings is 1. The number of rotatable bonds is 5. The zero-order chi connectivity index (χ0) is 13.5. The molecule has 2 N–H and O–H groups in total. The summed E-state index contributed by atoms with van der Waals surface area (Å²) < 4.78 is 13.4. The topological polar surface area (TPSA) is 58.2 Å². The molecule has 0 heterocycles. The molecule has 6 heteroatoms. The fraction of sp³-hybridized carbons (Fsp3) is 0.333. The minimum atomic E-state index is -0.714. The molecule has 0 atom stereocenters. The lowest BCUT2D eigenvalue weighted by atomic mass is 10.2. The maximum absolute atomic E-state index is 13.4. The van der Waals surface area contributed by atoms with Crippen molar-refractivity contribution in [1.29, 1.82) is 0 Å². The van der Waals surface area contributed by atoms with Gasteiger partial charge >= 0.3 is 0 Å². The predicted octanol–water partition coefficient (Wildman–Crippen LogP) is 1.74. The Labute approximate surface area is 110 Å². The highest BCUT2D eigenvalue weighted by molar-refractivity contribution is 6.30. The highest BCUT2D eigenvalue weighted by atomic mass is 35.5. The Kier molecular flexibility index (Phi) is 5.58. The van der Waals surface area contributed by atoms with E-state index in [4.69, 9.17) is 11.6 Å². The Hall–Kier alpha value is -1.62. The van der Waals surface area contributed by atoms with E-state index in [9.17, 15) is 14.0 Å². The van der Waals surface area contributed by atoms with Gasteiger partial charge in [0.1, 0.15) is 5.82 Å². The van der Waals surface area contributed by atoms with Crippen LogP contribution in [0.3, 0.4) is 0 Å². The van der Waals surface area contributed by atoms with Crippen molar-refractivity contribution >= 4 is 23.4 Å². The van der Waals surface area contributed by atoms with Gasteiger partial charge in [0, 0.05) is 11.6 Å². The average Bonchev–Trinajstić information content (AvgIpc) is 2.33. The Morgan fingerprint density at radius 2 is 2.06 bits per heavy atom. The quantitative estimate of drug-likeness (QED) is 0.858. The molecule has 1 rings (SSSR count). The summed E-state index contributed by atoms with van der Waals surface area (Å²) >= 11 is 5.57. The Bertz CT molecular complexity index is 452. The fourth-order valence-corrected chi connectivity index (χ4v) is 1.42. The van der Waals surface area contributed by atoms with Gasteiger partial charge in [0.2, 0.25) is 5.91 Å². The van der Waals surface area contributed by atoms with Crippen LogP contribution in [0.1, 0.15) is 23.7 Å². The maximum Gasteiger partial charge on any atom is 0.254 e. The Morgan fingerprint density at radius 1 is 1.33 bits per heavy atom. The van der Waals surface area contributed by atoms with Crippen LogP contribution >= 0.6 is 11.6 Å².